The number of H-pyrrole nitrogens is 1. The van der Waals surface area contributed by atoms with Crippen molar-refractivity contribution in [1.82, 2.24) is 20.1 Å². The van der Waals surface area contributed by atoms with E-state index in [9.17, 15) is 4.79 Å². The second-order valence-electron chi connectivity index (χ2n) is 5.45. The molecule has 0 aliphatic carbocycles. The molecule has 0 aromatic carbocycles. The van der Waals surface area contributed by atoms with Gasteiger partial charge in [-0.1, -0.05) is 0 Å². The number of nitrogens with one attached hydrogen (secondary N) is 2. The van der Waals surface area contributed by atoms with Crippen molar-refractivity contribution in [3.63, 3.8) is 0 Å². The highest BCUT2D eigenvalue weighted by atomic mass is 32.1. The molecule has 0 unspecified atom stereocenters. The van der Waals surface area contributed by atoms with Crippen molar-refractivity contribution in [2.45, 2.75) is 51.4 Å². The maximum Gasteiger partial charge on any atom is 0.225 e. The van der Waals surface area contributed by atoms with Crippen LogP contribution in [0.1, 0.15) is 32.0 Å². The maximum absolute atomic E-state index is 12.1. The summed E-state index contributed by atoms with van der Waals surface area (Å²) in [6, 6.07) is 0. The van der Waals surface area contributed by atoms with Gasteiger partial charge in [-0.25, -0.2) is 0 Å². The Bertz CT molecular complexity index is 553. The third-order valence-corrected chi connectivity index (χ3v) is 4.56. The van der Waals surface area contributed by atoms with Crippen LogP contribution in [0.5, 0.6) is 0 Å². The van der Waals surface area contributed by atoms with Crippen LogP contribution < -0.4 is 5.32 Å². The summed E-state index contributed by atoms with van der Waals surface area (Å²) in [6.45, 7) is 3.41. The van der Waals surface area contributed by atoms with Crippen LogP contribution >= 0.6 is 12.2 Å². The molecule has 110 valence electrons. The predicted octanol–water partition coefficient (Wildman–Crippen LogP) is 1.19. The molecule has 3 rings (SSSR count). The quantitative estimate of drug-likeness (QED) is 0.801. The van der Waals surface area contributed by atoms with E-state index in [1.165, 1.54) is 0 Å². The van der Waals surface area contributed by atoms with Crippen molar-refractivity contribution < 1.29 is 9.53 Å². The fourth-order valence-electron chi connectivity index (χ4n) is 3.21. The lowest BCUT2D eigenvalue weighted by molar-refractivity contribution is -0.126. The summed E-state index contributed by atoms with van der Waals surface area (Å²) in [5, 5.41) is 9.97. The van der Waals surface area contributed by atoms with Gasteiger partial charge in [-0.2, -0.15) is 5.10 Å². The van der Waals surface area contributed by atoms with Crippen LogP contribution in [0.4, 0.5) is 0 Å². The van der Waals surface area contributed by atoms with E-state index in [1.807, 2.05) is 11.5 Å². The SMILES string of the molecule is CCn1c(CCNC(=O)[C@@H]2C[C@H]3CC[C@H]2O3)n[nH]c1=S. The Morgan fingerprint density at radius 3 is 3.10 bits per heavy atom. The number of aromatic nitrogens is 3. The minimum absolute atomic E-state index is 0.0424. The molecule has 3 heterocycles. The van der Waals surface area contributed by atoms with Gasteiger partial charge in [0.05, 0.1) is 18.1 Å². The summed E-state index contributed by atoms with van der Waals surface area (Å²) in [7, 11) is 0. The minimum atomic E-state index is 0.0424. The van der Waals surface area contributed by atoms with Crippen molar-refractivity contribution in [3.05, 3.63) is 10.6 Å². The van der Waals surface area contributed by atoms with E-state index in [-0.39, 0.29) is 17.9 Å². The maximum atomic E-state index is 12.1. The summed E-state index contributed by atoms with van der Waals surface area (Å²) in [5.41, 5.74) is 0. The fourth-order valence-corrected chi connectivity index (χ4v) is 3.49. The third-order valence-electron chi connectivity index (χ3n) is 4.24. The van der Waals surface area contributed by atoms with Gasteiger partial charge in [0.1, 0.15) is 5.82 Å². The first kappa shape index (κ1) is 13.8. The van der Waals surface area contributed by atoms with Crippen LogP contribution in [0, 0.1) is 10.7 Å². The lowest BCUT2D eigenvalue weighted by Crippen LogP contribution is -2.37. The minimum Gasteiger partial charge on any atom is -0.374 e. The predicted molar refractivity (Wildman–Crippen MR) is 75.8 cm³/mol. The number of carbonyl (C=O) groups excluding carboxylic acids is 1. The van der Waals surface area contributed by atoms with Crippen LogP contribution in [-0.4, -0.2) is 39.4 Å². The van der Waals surface area contributed by atoms with Gasteiger partial charge >= 0.3 is 0 Å². The topological polar surface area (TPSA) is 71.9 Å². The van der Waals surface area contributed by atoms with Gasteiger partial charge in [-0.3, -0.25) is 9.89 Å². The zero-order valence-electron chi connectivity index (χ0n) is 11.6. The monoisotopic (exact) mass is 296 g/mol. The molecule has 6 nitrogen and oxygen atoms in total. The summed E-state index contributed by atoms with van der Waals surface area (Å²) in [4.78, 5) is 12.1. The number of amides is 1. The molecule has 2 bridgehead atoms. The first-order chi connectivity index (χ1) is 9.69. The first-order valence-electron chi connectivity index (χ1n) is 7.26. The van der Waals surface area contributed by atoms with Crippen LogP contribution in [0.15, 0.2) is 0 Å². The standard InChI is InChI=1S/C13H20N4O2S/c1-2-17-11(15-16-13(17)20)5-6-14-12(18)9-7-8-3-4-10(9)19-8/h8-10H,2-7H2,1H3,(H,14,18)(H,16,20)/t8-,9-,10-/m1/s1. The number of hydrogen-bond donors (Lipinski definition) is 2. The number of nitrogens with zero attached hydrogens (tertiary/aromatic N) is 2. The smallest absolute Gasteiger partial charge is 0.225 e. The van der Waals surface area contributed by atoms with E-state index in [0.717, 1.165) is 31.6 Å². The molecular formula is C13H20N4O2S. The number of aromatic amines is 1. The molecule has 1 aromatic rings. The lowest BCUT2D eigenvalue weighted by atomic mass is 9.88. The molecule has 1 amide bonds. The molecule has 7 heteroatoms. The molecule has 1 aromatic heterocycles. The van der Waals surface area contributed by atoms with Gasteiger partial charge in [0.15, 0.2) is 4.77 Å². The summed E-state index contributed by atoms with van der Waals surface area (Å²) >= 11 is 5.14. The molecular weight excluding hydrogens is 276 g/mol. The van der Waals surface area contributed by atoms with E-state index in [4.69, 9.17) is 17.0 Å². The molecule has 2 saturated heterocycles. The first-order valence-corrected chi connectivity index (χ1v) is 7.67. The molecule has 0 spiro atoms. The molecule has 2 N–H and O–H groups in total. The second kappa shape index (κ2) is 5.65. The molecule has 2 aliphatic rings. The Hall–Kier alpha value is -1.21. The summed E-state index contributed by atoms with van der Waals surface area (Å²) in [5.74, 6) is 1.05. The Balaban J connectivity index is 1.50. The number of hydrogen-bond acceptors (Lipinski definition) is 4. The number of carbonyl (C=O) groups is 1. The Labute approximate surface area is 122 Å². The third kappa shape index (κ3) is 2.52. The van der Waals surface area contributed by atoms with Crippen molar-refractivity contribution >= 4 is 18.1 Å². The van der Waals surface area contributed by atoms with Crippen molar-refractivity contribution in [3.8, 4) is 0 Å². The lowest BCUT2D eigenvalue weighted by Gasteiger charge is -2.17. The highest BCUT2D eigenvalue weighted by Gasteiger charge is 2.44. The van der Waals surface area contributed by atoms with E-state index in [1.54, 1.807) is 0 Å². The van der Waals surface area contributed by atoms with Crippen LogP contribution in [0.25, 0.3) is 0 Å². The van der Waals surface area contributed by atoms with Crippen molar-refractivity contribution in [2.75, 3.05) is 6.54 Å². The molecule has 20 heavy (non-hydrogen) atoms. The second-order valence-corrected chi connectivity index (χ2v) is 5.83. The van der Waals surface area contributed by atoms with Crippen LogP contribution in [-0.2, 0) is 22.5 Å². The van der Waals surface area contributed by atoms with E-state index < -0.39 is 0 Å². The Morgan fingerprint density at radius 2 is 2.45 bits per heavy atom. The van der Waals surface area contributed by atoms with E-state index in [2.05, 4.69) is 15.5 Å². The van der Waals surface area contributed by atoms with E-state index >= 15 is 0 Å². The van der Waals surface area contributed by atoms with Gasteiger partial charge in [0.2, 0.25) is 5.91 Å². The van der Waals surface area contributed by atoms with Crippen molar-refractivity contribution in [2.24, 2.45) is 5.92 Å². The van der Waals surface area contributed by atoms with Crippen LogP contribution in [0.2, 0.25) is 0 Å². The molecule has 3 atom stereocenters. The molecule has 2 fully saturated rings. The average molecular weight is 296 g/mol. The summed E-state index contributed by atoms with van der Waals surface area (Å²) in [6.07, 6.45) is 4.16. The Morgan fingerprint density at radius 1 is 1.60 bits per heavy atom. The highest BCUT2D eigenvalue weighted by molar-refractivity contribution is 7.71. The van der Waals surface area contributed by atoms with Gasteiger partial charge in [0, 0.05) is 19.5 Å². The molecule has 0 radical (unpaired) electrons. The fraction of sp³-hybridized carbons (Fsp3) is 0.769. The average Bonchev–Trinajstić information content (AvgIpc) is 3.14. The van der Waals surface area contributed by atoms with Crippen molar-refractivity contribution in [1.29, 1.82) is 0 Å². The number of ether oxygens (including phenoxy) is 1. The number of fused-ring (bicyclic) bond motifs is 2. The summed E-state index contributed by atoms with van der Waals surface area (Å²) < 4.78 is 8.30. The zero-order valence-corrected chi connectivity index (χ0v) is 12.4. The van der Waals surface area contributed by atoms with Crippen LogP contribution in [0.3, 0.4) is 0 Å². The van der Waals surface area contributed by atoms with E-state index in [0.29, 0.717) is 23.8 Å². The molecule has 2 aliphatic heterocycles. The van der Waals surface area contributed by atoms with Gasteiger partial charge in [0.25, 0.3) is 0 Å². The normalized spacial score (nSPS) is 27.9. The van der Waals surface area contributed by atoms with Gasteiger partial charge < -0.3 is 14.6 Å². The number of rotatable bonds is 5. The highest BCUT2D eigenvalue weighted by Crippen LogP contribution is 2.38. The molecule has 0 saturated carbocycles. The Kier molecular flexibility index (Phi) is 3.89. The zero-order chi connectivity index (χ0) is 14.1. The largest absolute Gasteiger partial charge is 0.374 e. The van der Waals surface area contributed by atoms with Gasteiger partial charge in [-0.15, -0.1) is 0 Å². The van der Waals surface area contributed by atoms with Gasteiger partial charge in [-0.05, 0) is 38.4 Å².